The molecule has 1 heterocycles. The van der Waals surface area contributed by atoms with Gasteiger partial charge in [0.25, 0.3) is 0 Å². The van der Waals surface area contributed by atoms with Crippen molar-refractivity contribution < 1.29 is 23.5 Å². The van der Waals surface area contributed by atoms with E-state index in [2.05, 4.69) is 31.9 Å². The summed E-state index contributed by atoms with van der Waals surface area (Å²) in [6.07, 6.45) is 0.611. The fraction of sp³-hybridized carbons (Fsp3) is 0. The Balaban J connectivity index is 0.000000216. The minimum atomic E-state index is -0.560. The van der Waals surface area contributed by atoms with Gasteiger partial charge in [0.15, 0.2) is 12.0 Å². The van der Waals surface area contributed by atoms with Crippen molar-refractivity contribution >= 4 is 66.5 Å². The summed E-state index contributed by atoms with van der Waals surface area (Å²) in [5.41, 5.74) is 1.19. The number of rotatable bonds is 3. The van der Waals surface area contributed by atoms with Crippen LogP contribution in [0.4, 0.5) is 4.39 Å². The van der Waals surface area contributed by atoms with Crippen LogP contribution in [0, 0.1) is 5.82 Å². The molecule has 0 fully saturated rings. The molecule has 152 valence electrons. The molecule has 0 saturated heterocycles. The summed E-state index contributed by atoms with van der Waals surface area (Å²) in [5, 5.41) is 9.85. The highest BCUT2D eigenvalue weighted by Crippen LogP contribution is 2.29. The van der Waals surface area contributed by atoms with E-state index in [1.165, 1.54) is 12.1 Å². The number of aldehydes is 1. The quantitative estimate of drug-likeness (QED) is 0.215. The third-order valence-corrected chi connectivity index (χ3v) is 5.60. The summed E-state index contributed by atoms with van der Waals surface area (Å²) in [5.74, 6) is -0.711. The second-order valence-electron chi connectivity index (χ2n) is 6.02. The van der Waals surface area contributed by atoms with Crippen LogP contribution in [0.2, 0.25) is 5.02 Å². The van der Waals surface area contributed by atoms with E-state index in [1.54, 1.807) is 24.3 Å². The normalized spacial score (nSPS) is 10.4. The SMILES string of the molecule is O=C(c1ccc(F)c(Cl)c1)c1cc2cccc(Br)c2o1.O=Cc1cccc(Br)c1O. The summed E-state index contributed by atoms with van der Waals surface area (Å²) in [7, 11) is 0. The van der Waals surface area contributed by atoms with E-state index in [9.17, 15) is 14.0 Å². The molecule has 0 amide bonds. The zero-order valence-corrected chi connectivity index (χ0v) is 19.0. The van der Waals surface area contributed by atoms with Gasteiger partial charge in [-0.2, -0.15) is 0 Å². The maximum Gasteiger partial charge on any atom is 0.228 e. The van der Waals surface area contributed by atoms with Crippen molar-refractivity contribution in [1.29, 1.82) is 0 Å². The van der Waals surface area contributed by atoms with Gasteiger partial charge < -0.3 is 9.52 Å². The van der Waals surface area contributed by atoms with Crippen LogP contribution in [0.5, 0.6) is 5.75 Å². The molecule has 0 saturated carbocycles. The molecule has 0 unspecified atom stereocenters. The van der Waals surface area contributed by atoms with Crippen LogP contribution >= 0.6 is 43.5 Å². The molecule has 0 spiro atoms. The number of hydrogen-bond acceptors (Lipinski definition) is 4. The van der Waals surface area contributed by atoms with E-state index in [0.717, 1.165) is 15.9 Å². The van der Waals surface area contributed by atoms with Crippen molar-refractivity contribution in [1.82, 2.24) is 0 Å². The lowest BCUT2D eigenvalue weighted by Crippen LogP contribution is -1.99. The van der Waals surface area contributed by atoms with Gasteiger partial charge in [0.1, 0.15) is 17.1 Å². The molecule has 4 aromatic rings. The van der Waals surface area contributed by atoms with Gasteiger partial charge in [0.05, 0.1) is 19.5 Å². The molecule has 0 atom stereocenters. The fourth-order valence-corrected chi connectivity index (χ4v) is 3.57. The summed E-state index contributed by atoms with van der Waals surface area (Å²) < 4.78 is 20.0. The molecule has 0 aliphatic heterocycles. The highest BCUT2D eigenvalue weighted by Gasteiger charge is 2.17. The molecular weight excluding hydrogens is 542 g/mol. The second-order valence-corrected chi connectivity index (χ2v) is 8.14. The number of phenols is 1. The molecule has 3 aromatic carbocycles. The van der Waals surface area contributed by atoms with E-state index >= 15 is 0 Å². The molecule has 4 nitrogen and oxygen atoms in total. The van der Waals surface area contributed by atoms with Gasteiger partial charge in [-0.05, 0) is 74.3 Å². The Kier molecular flexibility index (Phi) is 7.07. The Hall–Kier alpha value is -2.48. The van der Waals surface area contributed by atoms with E-state index in [-0.39, 0.29) is 27.9 Å². The van der Waals surface area contributed by atoms with Crippen LogP contribution in [0.3, 0.4) is 0 Å². The predicted octanol–water partition coefficient (Wildman–Crippen LogP) is 7.19. The third-order valence-electron chi connectivity index (χ3n) is 4.05. The van der Waals surface area contributed by atoms with Crippen LogP contribution in [0.15, 0.2) is 74.0 Å². The van der Waals surface area contributed by atoms with Crippen LogP contribution < -0.4 is 0 Å². The molecule has 30 heavy (non-hydrogen) atoms. The Morgan fingerprint density at radius 3 is 2.37 bits per heavy atom. The second kappa shape index (κ2) is 9.55. The van der Waals surface area contributed by atoms with Crippen molar-refractivity contribution in [3.63, 3.8) is 0 Å². The Morgan fingerprint density at radius 1 is 1.03 bits per heavy atom. The number of benzene rings is 3. The Bertz CT molecular complexity index is 1250. The molecule has 8 heteroatoms. The van der Waals surface area contributed by atoms with Gasteiger partial charge in [-0.15, -0.1) is 0 Å². The average Bonchev–Trinajstić information content (AvgIpc) is 3.18. The standard InChI is InChI=1S/C15H7BrClFO2.C7H5BrO2/c16-10-3-1-2-9-7-13(20-15(9)10)14(19)8-4-5-12(18)11(17)6-8;8-6-3-1-2-5(4-9)7(6)10/h1-7H;1-4,10H. The lowest BCUT2D eigenvalue weighted by molar-refractivity contribution is 0.101. The van der Waals surface area contributed by atoms with E-state index in [0.29, 0.717) is 21.9 Å². The summed E-state index contributed by atoms with van der Waals surface area (Å²) in [6, 6.07) is 15.9. The van der Waals surface area contributed by atoms with Crippen LogP contribution in [-0.4, -0.2) is 17.2 Å². The fourth-order valence-electron chi connectivity index (χ4n) is 2.55. The number of carbonyl (C=O) groups excluding carboxylic acids is 2. The maximum absolute atomic E-state index is 13.1. The van der Waals surface area contributed by atoms with E-state index in [1.807, 2.05) is 18.2 Å². The largest absolute Gasteiger partial charge is 0.506 e. The molecule has 0 bridgehead atoms. The number of halogens is 4. The highest BCUT2D eigenvalue weighted by molar-refractivity contribution is 9.11. The predicted molar refractivity (Wildman–Crippen MR) is 120 cm³/mol. The van der Waals surface area contributed by atoms with E-state index < -0.39 is 5.82 Å². The van der Waals surface area contributed by atoms with Gasteiger partial charge >= 0.3 is 0 Å². The van der Waals surface area contributed by atoms with Crippen LogP contribution in [-0.2, 0) is 0 Å². The zero-order valence-electron chi connectivity index (χ0n) is 15.0. The number of fused-ring (bicyclic) bond motifs is 1. The first-order chi connectivity index (χ1) is 14.3. The lowest BCUT2D eigenvalue weighted by atomic mass is 10.1. The minimum absolute atomic E-state index is 0.00231. The first-order valence-corrected chi connectivity index (χ1v) is 10.4. The number of para-hydroxylation sites is 2. The van der Waals surface area contributed by atoms with Crippen LogP contribution in [0.25, 0.3) is 11.0 Å². The summed E-state index contributed by atoms with van der Waals surface area (Å²) in [4.78, 5) is 22.5. The number of ketones is 1. The Labute approximate surface area is 192 Å². The van der Waals surface area contributed by atoms with Crippen molar-refractivity contribution in [2.24, 2.45) is 0 Å². The number of carbonyl (C=O) groups is 2. The topological polar surface area (TPSA) is 67.5 Å². The smallest absolute Gasteiger partial charge is 0.228 e. The Morgan fingerprint density at radius 2 is 1.73 bits per heavy atom. The van der Waals surface area contributed by atoms with Gasteiger partial charge in [0.2, 0.25) is 5.78 Å². The van der Waals surface area contributed by atoms with Crippen LogP contribution in [0.1, 0.15) is 26.5 Å². The maximum atomic E-state index is 13.1. The molecule has 0 aliphatic rings. The third kappa shape index (κ3) is 4.80. The van der Waals surface area contributed by atoms with Crippen molar-refractivity contribution in [3.8, 4) is 5.75 Å². The highest BCUT2D eigenvalue weighted by atomic mass is 79.9. The monoisotopic (exact) mass is 552 g/mol. The average molecular weight is 555 g/mol. The number of phenolic OH excluding ortho intramolecular Hbond substituents is 1. The van der Waals surface area contributed by atoms with Crippen molar-refractivity contribution in [2.45, 2.75) is 0 Å². The zero-order chi connectivity index (χ0) is 21.8. The van der Waals surface area contributed by atoms with Gasteiger partial charge in [-0.1, -0.05) is 29.8 Å². The first kappa shape index (κ1) is 22.2. The van der Waals surface area contributed by atoms with Crippen molar-refractivity contribution in [2.75, 3.05) is 0 Å². The number of aromatic hydroxyl groups is 1. The van der Waals surface area contributed by atoms with Gasteiger partial charge in [-0.25, -0.2) is 4.39 Å². The molecular formula is C22H12Br2ClFO4. The summed E-state index contributed by atoms with van der Waals surface area (Å²) in [6.45, 7) is 0. The molecule has 1 aromatic heterocycles. The molecule has 1 N–H and O–H groups in total. The van der Waals surface area contributed by atoms with E-state index in [4.69, 9.17) is 21.1 Å². The first-order valence-electron chi connectivity index (χ1n) is 8.42. The molecule has 0 aliphatic carbocycles. The van der Waals surface area contributed by atoms with Gasteiger partial charge in [-0.3, -0.25) is 9.59 Å². The summed E-state index contributed by atoms with van der Waals surface area (Å²) >= 11 is 12.1. The lowest BCUT2D eigenvalue weighted by Gasteiger charge is -1.99. The minimum Gasteiger partial charge on any atom is -0.506 e. The molecule has 0 radical (unpaired) electrons. The number of furan rings is 1. The molecule has 4 rings (SSSR count). The number of hydrogen-bond donors (Lipinski definition) is 1. The van der Waals surface area contributed by atoms with Gasteiger partial charge in [0, 0.05) is 10.9 Å². The van der Waals surface area contributed by atoms with Crippen molar-refractivity contribution in [3.05, 3.63) is 97.3 Å².